The van der Waals surface area contributed by atoms with Crippen molar-refractivity contribution < 1.29 is 58.9 Å². The van der Waals surface area contributed by atoms with Gasteiger partial charge in [-0.05, 0) is 50.6 Å². The molecule has 4 aliphatic rings. The van der Waals surface area contributed by atoms with Crippen LogP contribution in [0.25, 0.3) is 0 Å². The van der Waals surface area contributed by atoms with Crippen LogP contribution in [-0.4, -0.2) is 126 Å². The lowest BCUT2D eigenvalue weighted by Crippen LogP contribution is -2.55. The van der Waals surface area contributed by atoms with Gasteiger partial charge in [-0.2, -0.15) is 39.5 Å². The fourth-order valence-electron chi connectivity index (χ4n) is 6.46. The second-order valence-corrected chi connectivity index (χ2v) is 11.5. The van der Waals surface area contributed by atoms with Gasteiger partial charge in [0.2, 0.25) is 0 Å². The highest BCUT2D eigenvalue weighted by atomic mass is 19.4. The second-order valence-electron chi connectivity index (χ2n) is 11.5. The number of carboxylic acid groups (broad SMARTS) is 1. The number of carbonyl (C=O) groups excluding carboxylic acids is 1. The molecule has 43 heavy (non-hydrogen) atoms. The Morgan fingerprint density at radius 2 is 1.51 bits per heavy atom. The summed E-state index contributed by atoms with van der Waals surface area (Å²) in [4.78, 5) is 29.6. The number of rotatable bonds is 6. The van der Waals surface area contributed by atoms with Gasteiger partial charge in [-0.3, -0.25) is 14.6 Å². The average molecular weight is 637 g/mol. The second kappa shape index (κ2) is 12.4. The number of ether oxygens (including phenoxy) is 1. The first kappa shape index (κ1) is 33.2. The molecule has 1 N–H and O–H groups in total. The van der Waals surface area contributed by atoms with Gasteiger partial charge < -0.3 is 19.6 Å². The molecule has 0 aromatic heterocycles. The number of amides is 1. The molecule has 244 valence electrons. The average Bonchev–Trinajstić information content (AvgIpc) is 3.26. The lowest BCUT2D eigenvalue weighted by molar-refractivity contribution is -0.308. The van der Waals surface area contributed by atoms with Crippen LogP contribution in [0.1, 0.15) is 32.1 Å². The molecule has 1 atom stereocenters. The molecule has 0 aromatic carbocycles. The fraction of sp³-hybridized carbons (Fsp3) is 0.769. The van der Waals surface area contributed by atoms with E-state index >= 15 is 0 Å². The maximum absolute atomic E-state index is 13.9. The van der Waals surface area contributed by atoms with E-state index in [1.165, 1.54) is 0 Å². The summed E-state index contributed by atoms with van der Waals surface area (Å²) < 4.78 is 123. The van der Waals surface area contributed by atoms with Crippen LogP contribution in [0.5, 0.6) is 0 Å². The van der Waals surface area contributed by atoms with Gasteiger partial charge in [0.1, 0.15) is 0 Å². The number of piperazine rings is 1. The van der Waals surface area contributed by atoms with Gasteiger partial charge in [0.15, 0.2) is 0 Å². The van der Waals surface area contributed by atoms with Crippen molar-refractivity contribution >= 4 is 12.1 Å². The van der Waals surface area contributed by atoms with E-state index in [1.54, 1.807) is 15.9 Å². The molecule has 1 spiro atoms. The number of aliphatic carboxylic acids is 1. The number of nitrogens with zero attached hydrogens (tertiary/aromatic N) is 4. The minimum Gasteiger partial charge on any atom is -0.480 e. The van der Waals surface area contributed by atoms with E-state index in [4.69, 9.17) is 5.11 Å². The summed E-state index contributed by atoms with van der Waals surface area (Å²) in [6.45, 7) is 1.81. The molecule has 0 aromatic rings. The largest absolute Gasteiger partial charge is 0.480 e. The Labute approximate surface area is 241 Å². The van der Waals surface area contributed by atoms with Crippen molar-refractivity contribution in [3.63, 3.8) is 0 Å². The zero-order valence-corrected chi connectivity index (χ0v) is 23.1. The first-order valence-electron chi connectivity index (χ1n) is 13.9. The molecule has 1 unspecified atom stereocenters. The molecule has 3 saturated heterocycles. The molecule has 4 rings (SSSR count). The van der Waals surface area contributed by atoms with Gasteiger partial charge in [0, 0.05) is 62.6 Å². The summed E-state index contributed by atoms with van der Waals surface area (Å²) in [6, 6.07) is 0. The van der Waals surface area contributed by atoms with Crippen LogP contribution in [0, 0.1) is 5.92 Å². The predicted molar refractivity (Wildman–Crippen MR) is 133 cm³/mol. The Hall–Kier alpha value is -2.69. The third-order valence-corrected chi connectivity index (χ3v) is 8.63. The summed E-state index contributed by atoms with van der Waals surface area (Å²) in [5.41, 5.74) is -0.828. The normalized spacial score (nSPS) is 24.4. The van der Waals surface area contributed by atoms with Crippen LogP contribution in [0.2, 0.25) is 0 Å². The highest BCUT2D eigenvalue weighted by Gasteiger charge is 2.60. The minimum absolute atomic E-state index is 0.155. The van der Waals surface area contributed by atoms with Crippen molar-refractivity contribution in [2.24, 2.45) is 5.92 Å². The Bertz CT molecular complexity index is 1080. The van der Waals surface area contributed by atoms with Crippen molar-refractivity contribution in [1.82, 2.24) is 19.6 Å². The summed E-state index contributed by atoms with van der Waals surface area (Å²) in [5, 5.41) is 9.00. The molecule has 17 heteroatoms. The Balaban J connectivity index is 1.41. The third kappa shape index (κ3) is 8.08. The van der Waals surface area contributed by atoms with Gasteiger partial charge in [-0.1, -0.05) is 6.08 Å². The van der Waals surface area contributed by atoms with Gasteiger partial charge in [-0.15, -0.1) is 0 Å². The van der Waals surface area contributed by atoms with Crippen LogP contribution in [0.15, 0.2) is 23.4 Å². The van der Waals surface area contributed by atoms with E-state index < -0.39 is 53.7 Å². The van der Waals surface area contributed by atoms with E-state index in [2.05, 4.69) is 4.74 Å². The Kier molecular flexibility index (Phi) is 9.55. The number of carboxylic acids is 1. The van der Waals surface area contributed by atoms with E-state index in [1.807, 2.05) is 4.90 Å². The standard InChI is InChI=1S/C26H33F9N4O4/c27-24(28,29)18-12-17(13-19(14-18)37-10-8-36(9-11-37)16-20(40)41)15-39-5-1-2-23(39)3-6-38(7-4-23)22(42)43-21(25(30,31)32)26(33,34)35/h13-14,17,21H,1-12,15-16H2,(H,40,41). The molecule has 8 nitrogen and oxygen atoms in total. The fourth-order valence-corrected chi connectivity index (χ4v) is 6.46. The van der Waals surface area contributed by atoms with E-state index in [0.29, 0.717) is 51.3 Å². The molecule has 1 aliphatic carbocycles. The predicted octanol–water partition coefficient (Wildman–Crippen LogP) is 4.64. The molecular formula is C26H33F9N4O4. The molecule has 3 aliphatic heterocycles. The highest BCUT2D eigenvalue weighted by Crippen LogP contribution is 2.42. The summed E-state index contributed by atoms with van der Waals surface area (Å²) in [7, 11) is 0. The molecule has 3 heterocycles. The number of piperidine rings is 1. The summed E-state index contributed by atoms with van der Waals surface area (Å²) in [5.74, 6) is -1.51. The van der Waals surface area contributed by atoms with Gasteiger partial charge in [0.25, 0.3) is 6.10 Å². The maximum Gasteiger partial charge on any atom is 0.434 e. The smallest absolute Gasteiger partial charge is 0.434 e. The van der Waals surface area contributed by atoms with Crippen LogP contribution in [0.3, 0.4) is 0 Å². The van der Waals surface area contributed by atoms with Crippen LogP contribution < -0.4 is 0 Å². The SMILES string of the molecule is O=C(O)CN1CCN(C2=CC(CN3CCCC34CCN(C(=O)OC(C(F)(F)F)C(F)(F)F)CC4)CC(C(F)(F)F)=C2)CC1. The molecule has 0 radical (unpaired) electrons. The van der Waals surface area contributed by atoms with E-state index in [0.717, 1.165) is 11.0 Å². The van der Waals surface area contributed by atoms with Crippen molar-refractivity contribution in [1.29, 1.82) is 0 Å². The Morgan fingerprint density at radius 3 is 2.05 bits per heavy atom. The number of allylic oxidation sites excluding steroid dienone is 2. The number of carbonyl (C=O) groups is 2. The quantitative estimate of drug-likeness (QED) is 0.426. The number of hydrogen-bond acceptors (Lipinski definition) is 6. The van der Waals surface area contributed by atoms with Crippen molar-refractivity contribution in [2.45, 2.75) is 62.3 Å². The zero-order valence-electron chi connectivity index (χ0n) is 23.1. The minimum atomic E-state index is -5.82. The monoisotopic (exact) mass is 636 g/mol. The van der Waals surface area contributed by atoms with Gasteiger partial charge >= 0.3 is 30.6 Å². The molecule has 3 fully saturated rings. The maximum atomic E-state index is 13.9. The summed E-state index contributed by atoms with van der Waals surface area (Å²) >= 11 is 0. The Morgan fingerprint density at radius 1 is 0.907 bits per heavy atom. The number of likely N-dealkylation sites (tertiary alicyclic amines) is 2. The van der Waals surface area contributed by atoms with Crippen molar-refractivity contribution in [2.75, 3.05) is 58.9 Å². The topological polar surface area (TPSA) is 76.6 Å². The number of hydrogen-bond donors (Lipinski definition) is 1. The molecule has 1 amide bonds. The van der Waals surface area contributed by atoms with Crippen LogP contribution in [0.4, 0.5) is 44.3 Å². The third-order valence-electron chi connectivity index (χ3n) is 8.63. The van der Waals surface area contributed by atoms with Crippen LogP contribution in [-0.2, 0) is 9.53 Å². The van der Waals surface area contributed by atoms with Gasteiger partial charge in [-0.25, -0.2) is 4.79 Å². The molecular weight excluding hydrogens is 603 g/mol. The van der Waals surface area contributed by atoms with Crippen LogP contribution >= 0.6 is 0 Å². The number of alkyl halides is 9. The lowest BCUT2D eigenvalue weighted by Gasteiger charge is -2.46. The molecule has 0 saturated carbocycles. The summed E-state index contributed by atoms with van der Waals surface area (Å²) in [6.07, 6.45) is -17.7. The molecule has 0 bridgehead atoms. The van der Waals surface area contributed by atoms with Crippen molar-refractivity contribution in [3.05, 3.63) is 23.4 Å². The van der Waals surface area contributed by atoms with E-state index in [-0.39, 0.29) is 45.4 Å². The zero-order chi connectivity index (χ0) is 31.8. The number of halogens is 9. The van der Waals surface area contributed by atoms with Gasteiger partial charge in [0.05, 0.1) is 6.54 Å². The first-order valence-corrected chi connectivity index (χ1v) is 13.9. The highest BCUT2D eigenvalue weighted by molar-refractivity contribution is 5.69. The first-order chi connectivity index (χ1) is 19.9. The van der Waals surface area contributed by atoms with E-state index in [9.17, 15) is 49.1 Å². The van der Waals surface area contributed by atoms with Crippen molar-refractivity contribution in [3.8, 4) is 0 Å². The lowest BCUT2D eigenvalue weighted by atomic mass is 9.83.